The van der Waals surface area contributed by atoms with Crippen molar-refractivity contribution in [3.05, 3.63) is 0 Å². The summed E-state index contributed by atoms with van der Waals surface area (Å²) in [6.45, 7) is 5.02. The van der Waals surface area contributed by atoms with E-state index in [9.17, 15) is 4.79 Å². The van der Waals surface area contributed by atoms with Gasteiger partial charge in [-0.3, -0.25) is 4.79 Å². The fraction of sp³-hybridized carbons (Fsp3) is 0.929. The van der Waals surface area contributed by atoms with E-state index in [-0.39, 0.29) is 5.54 Å². The number of hydrogen-bond donors (Lipinski definition) is 1. The lowest BCUT2D eigenvalue weighted by Gasteiger charge is -2.41. The van der Waals surface area contributed by atoms with Crippen LogP contribution in [-0.2, 0) is 4.79 Å². The summed E-state index contributed by atoms with van der Waals surface area (Å²) in [6, 6.07) is 0.469. The molecular formula is C14H26N2O. The van der Waals surface area contributed by atoms with Crippen LogP contribution in [0.25, 0.3) is 0 Å². The van der Waals surface area contributed by atoms with E-state index in [1.807, 2.05) is 0 Å². The number of carbonyl (C=O) groups excluding carboxylic acids is 1. The monoisotopic (exact) mass is 238 g/mol. The highest BCUT2D eigenvalue weighted by Crippen LogP contribution is 2.39. The van der Waals surface area contributed by atoms with Gasteiger partial charge in [0.2, 0.25) is 5.91 Å². The van der Waals surface area contributed by atoms with E-state index in [1.54, 1.807) is 0 Å². The Labute approximate surface area is 105 Å². The van der Waals surface area contributed by atoms with Gasteiger partial charge < -0.3 is 10.6 Å². The predicted octanol–water partition coefficient (Wildman–Crippen LogP) is 2.29. The molecule has 17 heavy (non-hydrogen) atoms. The Balaban J connectivity index is 2.15. The molecular weight excluding hydrogens is 212 g/mol. The van der Waals surface area contributed by atoms with Gasteiger partial charge in [0, 0.05) is 23.9 Å². The molecule has 98 valence electrons. The van der Waals surface area contributed by atoms with Crippen molar-refractivity contribution >= 4 is 5.91 Å². The van der Waals surface area contributed by atoms with Crippen LogP contribution in [0, 0.1) is 5.92 Å². The van der Waals surface area contributed by atoms with Crippen LogP contribution in [0.4, 0.5) is 0 Å². The molecule has 2 aliphatic rings. The highest BCUT2D eigenvalue weighted by atomic mass is 16.2. The Bertz CT molecular complexity index is 280. The summed E-state index contributed by atoms with van der Waals surface area (Å²) < 4.78 is 0. The van der Waals surface area contributed by atoms with Crippen molar-refractivity contribution in [1.82, 2.24) is 4.90 Å². The molecule has 0 spiro atoms. The van der Waals surface area contributed by atoms with Gasteiger partial charge in [-0.15, -0.1) is 0 Å². The summed E-state index contributed by atoms with van der Waals surface area (Å²) in [7, 11) is 0. The first-order valence-corrected chi connectivity index (χ1v) is 7.09. The average molecular weight is 238 g/mol. The van der Waals surface area contributed by atoms with E-state index < -0.39 is 0 Å². The van der Waals surface area contributed by atoms with Crippen molar-refractivity contribution in [3.63, 3.8) is 0 Å². The summed E-state index contributed by atoms with van der Waals surface area (Å²) in [5.74, 6) is 0.663. The molecule has 1 amide bonds. The van der Waals surface area contributed by atoms with Gasteiger partial charge in [0.05, 0.1) is 0 Å². The molecule has 2 fully saturated rings. The van der Waals surface area contributed by atoms with E-state index in [0.29, 0.717) is 30.8 Å². The van der Waals surface area contributed by atoms with Crippen LogP contribution in [0.2, 0.25) is 0 Å². The molecule has 1 unspecified atom stereocenters. The van der Waals surface area contributed by atoms with Crippen molar-refractivity contribution in [2.45, 2.75) is 70.4 Å². The van der Waals surface area contributed by atoms with Crippen LogP contribution in [0.3, 0.4) is 0 Å². The van der Waals surface area contributed by atoms with Crippen molar-refractivity contribution in [3.8, 4) is 0 Å². The fourth-order valence-electron chi connectivity index (χ4n) is 3.64. The largest absolute Gasteiger partial charge is 0.334 e. The number of nitrogens with two attached hydrogens (primary N) is 1. The molecule has 3 heteroatoms. The Morgan fingerprint density at radius 3 is 2.29 bits per heavy atom. The van der Waals surface area contributed by atoms with Crippen LogP contribution >= 0.6 is 0 Å². The molecule has 2 rings (SSSR count). The molecule has 0 aromatic heterocycles. The standard InChI is InChI=1S/C14H26N2O/c1-14(2)11(10-15)9-13(17)16(14)12-7-5-3-4-6-8-12/h11-12H,3-10,15H2,1-2H3. The SMILES string of the molecule is CC1(C)C(CN)CC(=O)N1C1CCCCCC1. The van der Waals surface area contributed by atoms with Gasteiger partial charge in [0.25, 0.3) is 0 Å². The van der Waals surface area contributed by atoms with Crippen molar-refractivity contribution in [2.75, 3.05) is 6.54 Å². The zero-order valence-corrected chi connectivity index (χ0v) is 11.2. The second-order valence-electron chi connectivity index (χ2n) is 6.20. The first-order chi connectivity index (χ1) is 8.07. The zero-order chi connectivity index (χ0) is 12.5. The van der Waals surface area contributed by atoms with Crippen LogP contribution < -0.4 is 5.73 Å². The minimum atomic E-state index is -0.0408. The summed E-state index contributed by atoms with van der Waals surface area (Å²) in [4.78, 5) is 14.4. The van der Waals surface area contributed by atoms with Crippen LogP contribution in [0.15, 0.2) is 0 Å². The van der Waals surface area contributed by atoms with E-state index in [4.69, 9.17) is 5.73 Å². The number of likely N-dealkylation sites (tertiary alicyclic amines) is 1. The van der Waals surface area contributed by atoms with E-state index in [2.05, 4.69) is 18.7 Å². The van der Waals surface area contributed by atoms with Crippen molar-refractivity contribution < 1.29 is 4.79 Å². The summed E-state index contributed by atoms with van der Waals surface area (Å²) >= 11 is 0. The molecule has 1 atom stereocenters. The lowest BCUT2D eigenvalue weighted by Crippen LogP contribution is -2.51. The molecule has 1 aliphatic carbocycles. The molecule has 0 radical (unpaired) electrons. The van der Waals surface area contributed by atoms with Gasteiger partial charge in [0.1, 0.15) is 0 Å². The molecule has 2 N–H and O–H groups in total. The van der Waals surface area contributed by atoms with Crippen LogP contribution in [-0.4, -0.2) is 28.9 Å². The van der Waals surface area contributed by atoms with Gasteiger partial charge in [0.15, 0.2) is 0 Å². The zero-order valence-electron chi connectivity index (χ0n) is 11.2. The van der Waals surface area contributed by atoms with Gasteiger partial charge in [-0.05, 0) is 33.2 Å². The molecule has 1 aliphatic heterocycles. The number of amides is 1. The van der Waals surface area contributed by atoms with Crippen molar-refractivity contribution in [1.29, 1.82) is 0 Å². The Kier molecular flexibility index (Phi) is 3.76. The predicted molar refractivity (Wildman–Crippen MR) is 69.6 cm³/mol. The lowest BCUT2D eigenvalue weighted by molar-refractivity contribution is -0.133. The Morgan fingerprint density at radius 1 is 1.24 bits per heavy atom. The molecule has 1 heterocycles. The van der Waals surface area contributed by atoms with Crippen LogP contribution in [0.5, 0.6) is 0 Å². The van der Waals surface area contributed by atoms with Gasteiger partial charge in [-0.2, -0.15) is 0 Å². The summed E-state index contributed by atoms with van der Waals surface area (Å²) in [5.41, 5.74) is 5.77. The Morgan fingerprint density at radius 2 is 1.82 bits per heavy atom. The number of carbonyl (C=O) groups is 1. The van der Waals surface area contributed by atoms with Gasteiger partial charge in [-0.1, -0.05) is 25.7 Å². The normalized spacial score (nSPS) is 30.6. The van der Waals surface area contributed by atoms with Crippen molar-refractivity contribution in [2.24, 2.45) is 11.7 Å². The number of nitrogens with zero attached hydrogens (tertiary/aromatic N) is 1. The minimum absolute atomic E-state index is 0.0408. The molecule has 1 saturated carbocycles. The maximum atomic E-state index is 12.2. The van der Waals surface area contributed by atoms with Crippen LogP contribution in [0.1, 0.15) is 58.8 Å². The third kappa shape index (κ3) is 2.35. The lowest BCUT2D eigenvalue weighted by atomic mass is 9.87. The third-order valence-electron chi connectivity index (χ3n) is 4.78. The Hall–Kier alpha value is -0.570. The second-order valence-corrected chi connectivity index (χ2v) is 6.20. The molecule has 1 saturated heterocycles. The maximum absolute atomic E-state index is 12.2. The third-order valence-corrected chi connectivity index (χ3v) is 4.78. The summed E-state index contributed by atoms with van der Waals surface area (Å²) in [5, 5.41) is 0. The quantitative estimate of drug-likeness (QED) is 0.750. The number of hydrogen-bond acceptors (Lipinski definition) is 2. The first-order valence-electron chi connectivity index (χ1n) is 7.09. The molecule has 3 nitrogen and oxygen atoms in total. The van der Waals surface area contributed by atoms with E-state index in [1.165, 1.54) is 38.5 Å². The number of rotatable bonds is 2. The topological polar surface area (TPSA) is 46.3 Å². The maximum Gasteiger partial charge on any atom is 0.223 e. The van der Waals surface area contributed by atoms with Gasteiger partial charge in [-0.25, -0.2) is 0 Å². The van der Waals surface area contributed by atoms with Gasteiger partial charge >= 0.3 is 0 Å². The summed E-state index contributed by atoms with van der Waals surface area (Å²) in [6.07, 6.45) is 8.24. The first kappa shape index (κ1) is 12.9. The highest BCUT2D eigenvalue weighted by molar-refractivity contribution is 5.80. The average Bonchev–Trinajstić information content (AvgIpc) is 2.50. The van der Waals surface area contributed by atoms with E-state index in [0.717, 1.165) is 0 Å². The second kappa shape index (κ2) is 4.97. The smallest absolute Gasteiger partial charge is 0.223 e. The molecule has 0 bridgehead atoms. The highest BCUT2D eigenvalue weighted by Gasteiger charge is 2.47. The molecule has 0 aromatic carbocycles. The fourth-order valence-corrected chi connectivity index (χ4v) is 3.64. The minimum Gasteiger partial charge on any atom is -0.334 e. The van der Waals surface area contributed by atoms with E-state index >= 15 is 0 Å². The molecule has 0 aromatic rings.